The van der Waals surface area contributed by atoms with Crippen molar-refractivity contribution in [3.05, 3.63) is 53.6 Å². The van der Waals surface area contributed by atoms with E-state index in [-0.39, 0.29) is 17.9 Å². The molecular formula is C25H32N4O2. The summed E-state index contributed by atoms with van der Waals surface area (Å²) in [4.78, 5) is 35.7. The molecular weight excluding hydrogens is 388 g/mol. The van der Waals surface area contributed by atoms with Crippen LogP contribution >= 0.6 is 0 Å². The lowest BCUT2D eigenvalue weighted by Crippen LogP contribution is -2.51. The molecule has 0 bridgehead atoms. The lowest BCUT2D eigenvalue weighted by Gasteiger charge is -2.39. The Labute approximate surface area is 184 Å². The van der Waals surface area contributed by atoms with Crippen molar-refractivity contribution in [1.82, 2.24) is 19.4 Å². The highest BCUT2D eigenvalue weighted by molar-refractivity contribution is 5.87. The summed E-state index contributed by atoms with van der Waals surface area (Å²) < 4.78 is 1.92. The number of hydrogen-bond donors (Lipinski definition) is 0. The smallest absolute Gasteiger partial charge is 0.230 e. The molecule has 1 spiro atoms. The van der Waals surface area contributed by atoms with Crippen LogP contribution in [0.4, 0.5) is 0 Å². The van der Waals surface area contributed by atoms with Gasteiger partial charge in [0.15, 0.2) is 0 Å². The van der Waals surface area contributed by atoms with Gasteiger partial charge in [0.2, 0.25) is 11.8 Å². The van der Waals surface area contributed by atoms with E-state index in [9.17, 15) is 9.59 Å². The molecule has 6 heteroatoms. The topological polar surface area (TPSA) is 58.4 Å². The van der Waals surface area contributed by atoms with E-state index in [0.29, 0.717) is 25.3 Å². The van der Waals surface area contributed by atoms with Gasteiger partial charge in [-0.1, -0.05) is 29.8 Å². The number of benzene rings is 1. The molecule has 1 aromatic carbocycles. The number of imidazole rings is 1. The van der Waals surface area contributed by atoms with Crippen LogP contribution in [0.2, 0.25) is 0 Å². The van der Waals surface area contributed by atoms with Crippen molar-refractivity contribution >= 4 is 11.8 Å². The first-order valence-electron chi connectivity index (χ1n) is 11.6. The number of amides is 2. The van der Waals surface area contributed by atoms with Gasteiger partial charge in [-0.05, 0) is 50.5 Å². The molecule has 1 saturated carbocycles. The SMILES string of the molecule is Cc1ccc(CC(=O)N2CC3(CCCN(CC4CC4)C3=O)CC2c2cn(C)cn2)cc1. The number of aryl methyl sites for hydroxylation is 2. The standard InChI is InChI=1S/C25H32N4O2/c1-18-4-6-19(7-5-18)12-23(30)29-16-25(13-22(29)21-15-27(2)17-26-21)10-3-11-28(24(25)31)14-20-8-9-20/h4-7,15,17,20,22H,3,8-14,16H2,1-2H3. The van der Waals surface area contributed by atoms with E-state index in [1.165, 1.54) is 18.4 Å². The summed E-state index contributed by atoms with van der Waals surface area (Å²) in [5, 5.41) is 0. The minimum atomic E-state index is -0.460. The number of rotatable bonds is 5. The van der Waals surface area contributed by atoms with Gasteiger partial charge in [-0.15, -0.1) is 0 Å². The van der Waals surface area contributed by atoms with Crippen LogP contribution < -0.4 is 0 Å². The van der Waals surface area contributed by atoms with E-state index in [4.69, 9.17) is 0 Å². The van der Waals surface area contributed by atoms with Crippen LogP contribution in [0.5, 0.6) is 0 Å². The Bertz CT molecular complexity index is 978. The molecule has 0 radical (unpaired) electrons. The molecule has 1 aromatic heterocycles. The third-order valence-electron chi connectivity index (χ3n) is 7.30. The number of piperidine rings is 1. The maximum absolute atomic E-state index is 13.6. The largest absolute Gasteiger partial charge is 0.342 e. The van der Waals surface area contributed by atoms with Crippen LogP contribution in [0.3, 0.4) is 0 Å². The van der Waals surface area contributed by atoms with E-state index in [2.05, 4.69) is 16.8 Å². The van der Waals surface area contributed by atoms with Gasteiger partial charge in [-0.3, -0.25) is 9.59 Å². The molecule has 2 aromatic rings. The highest BCUT2D eigenvalue weighted by atomic mass is 16.2. The fraction of sp³-hybridized carbons (Fsp3) is 0.560. The van der Waals surface area contributed by atoms with Crippen LogP contribution in [0.15, 0.2) is 36.8 Å². The second-order valence-electron chi connectivity index (χ2n) is 9.95. The molecule has 1 aliphatic carbocycles. The number of aromatic nitrogens is 2. The summed E-state index contributed by atoms with van der Waals surface area (Å²) in [6.45, 7) is 4.32. The maximum Gasteiger partial charge on any atom is 0.230 e. The second-order valence-corrected chi connectivity index (χ2v) is 9.95. The van der Waals surface area contributed by atoms with Gasteiger partial charge >= 0.3 is 0 Å². The lowest BCUT2D eigenvalue weighted by molar-refractivity contribution is -0.146. The molecule has 3 heterocycles. The van der Waals surface area contributed by atoms with E-state index in [0.717, 1.165) is 37.2 Å². The Balaban J connectivity index is 1.41. The van der Waals surface area contributed by atoms with Crippen molar-refractivity contribution in [2.24, 2.45) is 18.4 Å². The first kappa shape index (κ1) is 20.3. The molecule has 2 saturated heterocycles. The number of carbonyl (C=O) groups excluding carboxylic acids is 2. The average molecular weight is 421 g/mol. The summed E-state index contributed by atoms with van der Waals surface area (Å²) in [6.07, 6.45) is 9.19. The average Bonchev–Trinajstić information content (AvgIpc) is 3.33. The quantitative estimate of drug-likeness (QED) is 0.746. The van der Waals surface area contributed by atoms with Crippen molar-refractivity contribution < 1.29 is 9.59 Å². The highest BCUT2D eigenvalue weighted by Gasteiger charge is 2.54. The minimum Gasteiger partial charge on any atom is -0.342 e. The summed E-state index contributed by atoms with van der Waals surface area (Å²) in [7, 11) is 1.95. The zero-order chi connectivity index (χ0) is 21.6. The first-order chi connectivity index (χ1) is 14.9. The Morgan fingerprint density at radius 2 is 2.00 bits per heavy atom. The van der Waals surface area contributed by atoms with Crippen LogP contribution in [-0.4, -0.2) is 50.8 Å². The number of carbonyl (C=O) groups is 2. The van der Waals surface area contributed by atoms with Crippen LogP contribution in [0, 0.1) is 18.3 Å². The summed E-state index contributed by atoms with van der Waals surface area (Å²) in [5.41, 5.74) is 2.63. The predicted octanol–water partition coefficient (Wildman–Crippen LogP) is 3.26. The molecule has 2 atom stereocenters. The Morgan fingerprint density at radius 1 is 1.23 bits per heavy atom. The Hall–Kier alpha value is -2.63. The monoisotopic (exact) mass is 420 g/mol. The second kappa shape index (κ2) is 7.81. The fourth-order valence-electron chi connectivity index (χ4n) is 5.37. The van der Waals surface area contributed by atoms with E-state index >= 15 is 0 Å². The van der Waals surface area contributed by atoms with Gasteiger partial charge in [0, 0.05) is 32.9 Å². The van der Waals surface area contributed by atoms with Crippen molar-refractivity contribution in [2.45, 2.75) is 51.5 Å². The van der Waals surface area contributed by atoms with Crippen molar-refractivity contribution in [2.75, 3.05) is 19.6 Å². The van der Waals surface area contributed by atoms with Gasteiger partial charge in [-0.25, -0.2) is 4.98 Å². The van der Waals surface area contributed by atoms with Crippen molar-refractivity contribution in [1.29, 1.82) is 0 Å². The van der Waals surface area contributed by atoms with Crippen molar-refractivity contribution in [3.63, 3.8) is 0 Å². The normalized spacial score (nSPS) is 26.1. The Morgan fingerprint density at radius 3 is 2.68 bits per heavy atom. The predicted molar refractivity (Wildman–Crippen MR) is 118 cm³/mol. The minimum absolute atomic E-state index is 0.0866. The molecule has 3 fully saturated rings. The highest BCUT2D eigenvalue weighted by Crippen LogP contribution is 2.49. The van der Waals surface area contributed by atoms with Crippen molar-refractivity contribution in [3.8, 4) is 0 Å². The van der Waals surface area contributed by atoms with E-state index < -0.39 is 5.41 Å². The summed E-state index contributed by atoms with van der Waals surface area (Å²) >= 11 is 0. The van der Waals surface area contributed by atoms with Gasteiger partial charge in [0.1, 0.15) is 0 Å². The third-order valence-corrected chi connectivity index (χ3v) is 7.30. The maximum atomic E-state index is 13.6. The number of nitrogens with zero attached hydrogens (tertiary/aromatic N) is 4. The lowest BCUT2D eigenvalue weighted by atomic mass is 9.76. The molecule has 3 aliphatic rings. The zero-order valence-electron chi connectivity index (χ0n) is 18.6. The fourth-order valence-corrected chi connectivity index (χ4v) is 5.37. The molecule has 31 heavy (non-hydrogen) atoms. The first-order valence-corrected chi connectivity index (χ1v) is 11.6. The van der Waals surface area contributed by atoms with Gasteiger partial charge in [-0.2, -0.15) is 0 Å². The molecule has 2 amide bonds. The number of hydrogen-bond acceptors (Lipinski definition) is 3. The molecule has 164 valence electrons. The molecule has 5 rings (SSSR count). The summed E-state index contributed by atoms with van der Waals surface area (Å²) in [6, 6.07) is 8.01. The molecule has 2 aliphatic heterocycles. The van der Waals surface area contributed by atoms with Crippen LogP contribution in [0.25, 0.3) is 0 Å². The van der Waals surface area contributed by atoms with Gasteiger partial charge in [0.25, 0.3) is 0 Å². The number of likely N-dealkylation sites (tertiary alicyclic amines) is 2. The zero-order valence-corrected chi connectivity index (χ0v) is 18.6. The molecule has 0 N–H and O–H groups in total. The molecule has 6 nitrogen and oxygen atoms in total. The van der Waals surface area contributed by atoms with E-state index in [1.54, 1.807) is 6.33 Å². The van der Waals surface area contributed by atoms with Gasteiger partial charge in [0.05, 0.1) is 29.9 Å². The summed E-state index contributed by atoms with van der Waals surface area (Å²) in [5.74, 6) is 1.03. The Kier molecular flexibility index (Phi) is 5.11. The van der Waals surface area contributed by atoms with E-state index in [1.807, 2.05) is 47.0 Å². The third kappa shape index (κ3) is 4.00. The van der Waals surface area contributed by atoms with Gasteiger partial charge < -0.3 is 14.4 Å². The van der Waals surface area contributed by atoms with Crippen LogP contribution in [0.1, 0.15) is 55.0 Å². The van der Waals surface area contributed by atoms with Crippen LogP contribution in [-0.2, 0) is 23.1 Å². The molecule has 2 unspecified atom stereocenters.